The van der Waals surface area contributed by atoms with Crippen molar-refractivity contribution in [2.45, 2.75) is 19.8 Å². The van der Waals surface area contributed by atoms with E-state index in [0.717, 1.165) is 31.8 Å². The molecule has 1 aliphatic heterocycles. The third-order valence-corrected chi connectivity index (χ3v) is 2.56. The number of carbonyl (C=O) groups excluding carboxylic acids is 1. The number of likely N-dealkylation sites (tertiary alicyclic amines) is 1. The van der Waals surface area contributed by atoms with Crippen molar-refractivity contribution >= 4 is 5.91 Å². The fourth-order valence-corrected chi connectivity index (χ4v) is 1.56. The number of nitrogens with zero attached hydrogens (tertiary/aromatic N) is 1. The van der Waals surface area contributed by atoms with E-state index in [0.29, 0.717) is 0 Å². The van der Waals surface area contributed by atoms with Crippen LogP contribution in [0.2, 0.25) is 0 Å². The molecule has 0 aromatic rings. The van der Waals surface area contributed by atoms with Gasteiger partial charge in [-0.15, -0.1) is 0 Å². The molecule has 0 radical (unpaired) electrons. The molecule has 0 atom stereocenters. The van der Waals surface area contributed by atoms with E-state index in [1.807, 2.05) is 4.90 Å². The Hall–Kier alpha value is -0.610. The average molecular weight is 201 g/mol. The number of piperidine rings is 1. The van der Waals surface area contributed by atoms with Crippen LogP contribution < -0.4 is 0 Å². The Labute approximate surface area is 85.2 Å². The van der Waals surface area contributed by atoms with Crippen molar-refractivity contribution in [2.75, 3.05) is 33.6 Å². The average Bonchev–Trinajstić information content (AvgIpc) is 2.19. The highest BCUT2D eigenvalue weighted by Crippen LogP contribution is 2.15. The third kappa shape index (κ3) is 3.64. The van der Waals surface area contributed by atoms with Gasteiger partial charge in [0.2, 0.25) is 5.91 Å². The molecule has 14 heavy (non-hydrogen) atoms. The van der Waals surface area contributed by atoms with Gasteiger partial charge in [-0.3, -0.25) is 4.79 Å². The van der Waals surface area contributed by atoms with Crippen molar-refractivity contribution in [3.05, 3.63) is 0 Å². The van der Waals surface area contributed by atoms with Crippen molar-refractivity contribution in [1.29, 1.82) is 0 Å². The summed E-state index contributed by atoms with van der Waals surface area (Å²) in [6.07, 6.45) is 2.21. The van der Waals surface area contributed by atoms with Crippen molar-refractivity contribution in [3.8, 4) is 0 Å². The maximum atomic E-state index is 11.5. The highest BCUT2D eigenvalue weighted by molar-refractivity contribution is 5.77. The number of hydrogen-bond acceptors (Lipinski definition) is 3. The molecule has 0 unspecified atom stereocenters. The summed E-state index contributed by atoms with van der Waals surface area (Å²) < 4.78 is 9.71. The number of hydrogen-bond donors (Lipinski definition) is 0. The predicted octanol–water partition coefficient (Wildman–Crippen LogP) is 0.865. The lowest BCUT2D eigenvalue weighted by atomic mass is 9.99. The van der Waals surface area contributed by atoms with E-state index in [2.05, 4.69) is 6.92 Å². The summed E-state index contributed by atoms with van der Waals surface area (Å²) >= 11 is 0. The largest absolute Gasteiger partial charge is 0.359 e. The Bertz CT molecular complexity index is 176. The molecule has 0 aromatic carbocycles. The summed E-state index contributed by atoms with van der Waals surface area (Å²) in [5.41, 5.74) is 0. The zero-order valence-corrected chi connectivity index (χ0v) is 8.99. The highest BCUT2D eigenvalue weighted by Gasteiger charge is 2.19. The molecule has 4 nitrogen and oxygen atoms in total. The van der Waals surface area contributed by atoms with E-state index >= 15 is 0 Å². The zero-order valence-electron chi connectivity index (χ0n) is 8.99. The molecular weight excluding hydrogens is 182 g/mol. The Morgan fingerprint density at radius 2 is 2.07 bits per heavy atom. The quantitative estimate of drug-likeness (QED) is 0.500. The Morgan fingerprint density at radius 3 is 2.64 bits per heavy atom. The normalized spacial score (nSPS) is 18.6. The second kappa shape index (κ2) is 5.98. The number of methoxy groups -OCH3 is 1. The van der Waals surface area contributed by atoms with Crippen LogP contribution in [-0.4, -0.2) is 44.4 Å². The van der Waals surface area contributed by atoms with Crippen molar-refractivity contribution in [1.82, 2.24) is 4.90 Å². The van der Waals surface area contributed by atoms with Gasteiger partial charge in [-0.25, -0.2) is 0 Å². The molecule has 0 aliphatic carbocycles. The van der Waals surface area contributed by atoms with Crippen LogP contribution in [0.5, 0.6) is 0 Å². The monoisotopic (exact) mass is 201 g/mol. The number of ether oxygens (including phenoxy) is 2. The molecule has 1 amide bonds. The van der Waals surface area contributed by atoms with Gasteiger partial charge in [0.1, 0.15) is 13.4 Å². The zero-order chi connectivity index (χ0) is 10.4. The first-order valence-electron chi connectivity index (χ1n) is 5.08. The topological polar surface area (TPSA) is 38.8 Å². The predicted molar refractivity (Wildman–Crippen MR) is 52.8 cm³/mol. The summed E-state index contributed by atoms with van der Waals surface area (Å²) in [6, 6.07) is 0. The number of amides is 1. The second-order valence-electron chi connectivity index (χ2n) is 3.82. The summed E-state index contributed by atoms with van der Waals surface area (Å²) in [4.78, 5) is 13.4. The van der Waals surface area contributed by atoms with Crippen LogP contribution in [0.15, 0.2) is 0 Å². The van der Waals surface area contributed by atoms with E-state index in [-0.39, 0.29) is 19.3 Å². The van der Waals surface area contributed by atoms with Crippen LogP contribution in [0.3, 0.4) is 0 Å². The molecule has 0 N–H and O–H groups in total. The first-order chi connectivity index (χ1) is 6.74. The summed E-state index contributed by atoms with van der Waals surface area (Å²) in [5.74, 6) is 0.827. The second-order valence-corrected chi connectivity index (χ2v) is 3.82. The van der Waals surface area contributed by atoms with Gasteiger partial charge in [0.25, 0.3) is 0 Å². The number of carbonyl (C=O) groups is 1. The summed E-state index contributed by atoms with van der Waals surface area (Å²) in [7, 11) is 1.55. The minimum atomic E-state index is 0.0777. The molecule has 82 valence electrons. The number of rotatable bonds is 4. The summed E-state index contributed by atoms with van der Waals surface area (Å²) in [6.45, 7) is 4.30. The molecule has 0 aromatic heterocycles. The Balaban J connectivity index is 2.17. The van der Waals surface area contributed by atoms with Gasteiger partial charge in [-0.2, -0.15) is 0 Å². The van der Waals surface area contributed by atoms with Gasteiger partial charge in [0.15, 0.2) is 0 Å². The fraction of sp³-hybridized carbons (Fsp3) is 0.900. The van der Waals surface area contributed by atoms with Gasteiger partial charge in [-0.1, -0.05) is 6.92 Å². The molecule has 0 bridgehead atoms. The maximum Gasteiger partial charge on any atom is 0.248 e. The minimum absolute atomic E-state index is 0.0777. The lowest BCUT2D eigenvalue weighted by Gasteiger charge is -2.30. The van der Waals surface area contributed by atoms with Crippen molar-refractivity contribution < 1.29 is 14.3 Å². The van der Waals surface area contributed by atoms with Crippen molar-refractivity contribution in [3.63, 3.8) is 0 Å². The molecule has 1 saturated heterocycles. The minimum Gasteiger partial charge on any atom is -0.359 e. The standard InChI is InChI=1S/C10H19NO3/c1-9-3-5-11(6-4-9)10(12)7-14-8-13-2/h9H,3-8H2,1-2H3. The van der Waals surface area contributed by atoms with Crippen LogP contribution >= 0.6 is 0 Å². The van der Waals surface area contributed by atoms with E-state index in [1.165, 1.54) is 0 Å². The first-order valence-corrected chi connectivity index (χ1v) is 5.08. The molecule has 0 spiro atoms. The van der Waals surface area contributed by atoms with Crippen LogP contribution in [0.25, 0.3) is 0 Å². The van der Waals surface area contributed by atoms with Gasteiger partial charge in [-0.05, 0) is 18.8 Å². The highest BCUT2D eigenvalue weighted by atomic mass is 16.7. The van der Waals surface area contributed by atoms with E-state index in [9.17, 15) is 4.79 Å². The van der Waals surface area contributed by atoms with Crippen LogP contribution in [0.1, 0.15) is 19.8 Å². The van der Waals surface area contributed by atoms with Gasteiger partial charge < -0.3 is 14.4 Å². The molecule has 1 fully saturated rings. The van der Waals surface area contributed by atoms with E-state index in [4.69, 9.17) is 9.47 Å². The summed E-state index contributed by atoms with van der Waals surface area (Å²) in [5, 5.41) is 0. The molecule has 1 aliphatic rings. The SMILES string of the molecule is COCOCC(=O)N1CCC(C)CC1. The molecule has 4 heteroatoms. The van der Waals surface area contributed by atoms with E-state index < -0.39 is 0 Å². The van der Waals surface area contributed by atoms with Crippen LogP contribution in [0.4, 0.5) is 0 Å². The smallest absolute Gasteiger partial charge is 0.248 e. The molecule has 1 rings (SSSR count). The van der Waals surface area contributed by atoms with E-state index in [1.54, 1.807) is 7.11 Å². The molecule has 1 heterocycles. The first kappa shape index (κ1) is 11.5. The third-order valence-electron chi connectivity index (χ3n) is 2.56. The molecular formula is C10H19NO3. The Kier molecular flexibility index (Phi) is 4.90. The fourth-order valence-electron chi connectivity index (χ4n) is 1.56. The van der Waals surface area contributed by atoms with Gasteiger partial charge in [0.05, 0.1) is 0 Å². The lowest BCUT2D eigenvalue weighted by Crippen LogP contribution is -2.40. The maximum absolute atomic E-state index is 11.5. The van der Waals surface area contributed by atoms with Crippen LogP contribution in [-0.2, 0) is 14.3 Å². The lowest BCUT2D eigenvalue weighted by molar-refractivity contribution is -0.141. The van der Waals surface area contributed by atoms with Gasteiger partial charge in [0, 0.05) is 20.2 Å². The van der Waals surface area contributed by atoms with Crippen LogP contribution in [0, 0.1) is 5.92 Å². The Morgan fingerprint density at radius 1 is 1.43 bits per heavy atom. The molecule has 0 saturated carbocycles. The van der Waals surface area contributed by atoms with Gasteiger partial charge >= 0.3 is 0 Å². The van der Waals surface area contributed by atoms with Crippen molar-refractivity contribution in [2.24, 2.45) is 5.92 Å².